The van der Waals surface area contributed by atoms with Crippen LogP contribution in [0.15, 0.2) is 30.6 Å². The third-order valence-corrected chi connectivity index (χ3v) is 2.80. The smallest absolute Gasteiger partial charge is 0.123 e. The number of nitrogens with zero attached hydrogens (tertiary/aromatic N) is 2. The molecular weight excluding hydrogens is 233 g/mol. The Morgan fingerprint density at radius 2 is 2.28 bits per heavy atom. The molecule has 1 heterocycles. The van der Waals surface area contributed by atoms with Gasteiger partial charge in [-0.05, 0) is 32.0 Å². The molecule has 2 N–H and O–H groups in total. The summed E-state index contributed by atoms with van der Waals surface area (Å²) in [7, 11) is 0. The number of phenols is 1. The predicted octanol–water partition coefficient (Wildman–Crippen LogP) is 2.92. The molecule has 5 heteroatoms. The average molecular weight is 249 g/mol. The second kappa shape index (κ2) is 5.08. The fraction of sp³-hybridized carbons (Fsp3) is 0.308. The first-order valence-corrected chi connectivity index (χ1v) is 5.87. The number of aromatic nitrogens is 2. The molecule has 0 saturated carbocycles. The summed E-state index contributed by atoms with van der Waals surface area (Å²) in [6.45, 7) is 4.65. The van der Waals surface area contributed by atoms with Gasteiger partial charge >= 0.3 is 0 Å². The molecular formula is C13H16FN3O. The van der Waals surface area contributed by atoms with E-state index >= 15 is 0 Å². The van der Waals surface area contributed by atoms with Gasteiger partial charge in [0, 0.05) is 18.3 Å². The van der Waals surface area contributed by atoms with E-state index in [-0.39, 0.29) is 17.6 Å². The molecule has 0 radical (unpaired) electrons. The summed E-state index contributed by atoms with van der Waals surface area (Å²) in [5.74, 6) is -0.278. The molecule has 0 spiro atoms. The van der Waals surface area contributed by atoms with Crippen molar-refractivity contribution in [2.24, 2.45) is 0 Å². The minimum absolute atomic E-state index is 0.0827. The number of benzene rings is 1. The monoisotopic (exact) mass is 249 g/mol. The van der Waals surface area contributed by atoms with Crippen molar-refractivity contribution >= 4 is 5.69 Å². The summed E-state index contributed by atoms with van der Waals surface area (Å²) in [4.78, 5) is 0. The van der Waals surface area contributed by atoms with Crippen molar-refractivity contribution in [3.05, 3.63) is 42.0 Å². The second-order valence-electron chi connectivity index (χ2n) is 4.15. The van der Waals surface area contributed by atoms with E-state index in [0.717, 1.165) is 12.2 Å². The first-order chi connectivity index (χ1) is 8.60. The highest BCUT2D eigenvalue weighted by molar-refractivity contribution is 5.44. The minimum atomic E-state index is -0.360. The standard InChI is InChI=1S/C13H16FN3O/c1-3-17-8-11(7-15-17)16-9(2)12-6-10(14)4-5-13(12)18/h4-9,16,18H,3H2,1-2H3. The summed E-state index contributed by atoms with van der Waals surface area (Å²) in [6, 6.07) is 3.73. The van der Waals surface area contributed by atoms with Crippen LogP contribution in [0.1, 0.15) is 25.5 Å². The molecule has 18 heavy (non-hydrogen) atoms. The van der Waals surface area contributed by atoms with Crippen LogP contribution in [0.5, 0.6) is 5.75 Å². The second-order valence-corrected chi connectivity index (χ2v) is 4.15. The molecule has 0 fully saturated rings. The van der Waals surface area contributed by atoms with Gasteiger partial charge in [-0.15, -0.1) is 0 Å². The van der Waals surface area contributed by atoms with Crippen molar-refractivity contribution in [2.45, 2.75) is 26.4 Å². The number of aryl methyl sites for hydroxylation is 1. The zero-order valence-electron chi connectivity index (χ0n) is 10.4. The lowest BCUT2D eigenvalue weighted by atomic mass is 10.1. The van der Waals surface area contributed by atoms with Crippen LogP contribution in [-0.4, -0.2) is 14.9 Å². The topological polar surface area (TPSA) is 50.1 Å². The molecule has 2 aromatic rings. The summed E-state index contributed by atoms with van der Waals surface area (Å²) < 4.78 is 14.9. The van der Waals surface area contributed by atoms with Crippen LogP contribution in [-0.2, 0) is 6.54 Å². The summed E-state index contributed by atoms with van der Waals surface area (Å²) >= 11 is 0. The van der Waals surface area contributed by atoms with Gasteiger partial charge in [0.25, 0.3) is 0 Å². The van der Waals surface area contributed by atoms with Crippen molar-refractivity contribution in [2.75, 3.05) is 5.32 Å². The van der Waals surface area contributed by atoms with E-state index in [9.17, 15) is 9.50 Å². The van der Waals surface area contributed by atoms with Gasteiger partial charge in [-0.3, -0.25) is 4.68 Å². The first-order valence-electron chi connectivity index (χ1n) is 5.87. The van der Waals surface area contributed by atoms with Crippen LogP contribution in [0.25, 0.3) is 0 Å². The zero-order chi connectivity index (χ0) is 13.1. The van der Waals surface area contributed by atoms with E-state index in [0.29, 0.717) is 5.56 Å². The number of anilines is 1. The average Bonchev–Trinajstić information content (AvgIpc) is 2.80. The fourth-order valence-electron chi connectivity index (χ4n) is 1.81. The summed E-state index contributed by atoms with van der Waals surface area (Å²) in [5.41, 5.74) is 1.37. The third kappa shape index (κ3) is 2.61. The molecule has 96 valence electrons. The van der Waals surface area contributed by atoms with Crippen molar-refractivity contribution in [1.29, 1.82) is 0 Å². The Morgan fingerprint density at radius 3 is 2.94 bits per heavy atom. The molecule has 0 amide bonds. The Morgan fingerprint density at radius 1 is 1.50 bits per heavy atom. The number of aromatic hydroxyl groups is 1. The molecule has 0 aliphatic carbocycles. The van der Waals surface area contributed by atoms with Gasteiger partial charge in [0.05, 0.1) is 17.9 Å². The number of phenolic OH excluding ortho intramolecular Hbond substituents is 1. The SMILES string of the molecule is CCn1cc(NC(C)c2cc(F)ccc2O)cn1. The van der Waals surface area contributed by atoms with Gasteiger partial charge < -0.3 is 10.4 Å². The Hall–Kier alpha value is -2.04. The molecule has 0 bridgehead atoms. The van der Waals surface area contributed by atoms with Gasteiger partial charge in [0.1, 0.15) is 11.6 Å². The van der Waals surface area contributed by atoms with Gasteiger partial charge in [0.2, 0.25) is 0 Å². The van der Waals surface area contributed by atoms with E-state index in [2.05, 4.69) is 10.4 Å². The molecule has 1 atom stereocenters. The minimum Gasteiger partial charge on any atom is -0.508 e. The van der Waals surface area contributed by atoms with E-state index in [1.165, 1.54) is 18.2 Å². The quantitative estimate of drug-likeness (QED) is 0.876. The molecule has 0 aliphatic heterocycles. The molecule has 1 unspecified atom stereocenters. The largest absolute Gasteiger partial charge is 0.508 e. The number of hydrogen-bond acceptors (Lipinski definition) is 3. The molecule has 4 nitrogen and oxygen atoms in total. The normalized spacial score (nSPS) is 12.4. The van der Waals surface area contributed by atoms with Gasteiger partial charge in [-0.1, -0.05) is 0 Å². The van der Waals surface area contributed by atoms with E-state index < -0.39 is 0 Å². The van der Waals surface area contributed by atoms with Crippen LogP contribution < -0.4 is 5.32 Å². The van der Waals surface area contributed by atoms with Crippen molar-refractivity contribution in [1.82, 2.24) is 9.78 Å². The van der Waals surface area contributed by atoms with Crippen LogP contribution in [0.4, 0.5) is 10.1 Å². The van der Waals surface area contributed by atoms with Crippen LogP contribution >= 0.6 is 0 Å². The maximum atomic E-state index is 13.1. The maximum Gasteiger partial charge on any atom is 0.123 e. The highest BCUT2D eigenvalue weighted by Gasteiger charge is 2.12. The Bertz CT molecular complexity index is 539. The Kier molecular flexibility index (Phi) is 3.50. The summed E-state index contributed by atoms with van der Waals surface area (Å²) in [6.07, 6.45) is 3.57. The van der Waals surface area contributed by atoms with Gasteiger partial charge in [-0.25, -0.2) is 4.39 Å². The van der Waals surface area contributed by atoms with Crippen LogP contribution in [0.2, 0.25) is 0 Å². The molecule has 1 aromatic carbocycles. The lowest BCUT2D eigenvalue weighted by Gasteiger charge is -2.15. The lowest BCUT2D eigenvalue weighted by molar-refractivity contribution is 0.462. The van der Waals surface area contributed by atoms with Crippen molar-refractivity contribution in [3.63, 3.8) is 0 Å². The predicted molar refractivity (Wildman–Crippen MR) is 68.0 cm³/mol. The Balaban J connectivity index is 2.16. The highest BCUT2D eigenvalue weighted by atomic mass is 19.1. The first kappa shape index (κ1) is 12.4. The fourth-order valence-corrected chi connectivity index (χ4v) is 1.81. The number of rotatable bonds is 4. The number of nitrogens with one attached hydrogen (secondary N) is 1. The van der Waals surface area contributed by atoms with Gasteiger partial charge in [-0.2, -0.15) is 5.10 Å². The lowest BCUT2D eigenvalue weighted by Crippen LogP contribution is -2.06. The van der Waals surface area contributed by atoms with Gasteiger partial charge in [0.15, 0.2) is 0 Å². The summed E-state index contributed by atoms with van der Waals surface area (Å²) in [5, 5.41) is 17.0. The van der Waals surface area contributed by atoms with E-state index in [1.54, 1.807) is 10.9 Å². The molecule has 0 aliphatic rings. The highest BCUT2D eigenvalue weighted by Crippen LogP contribution is 2.27. The Labute approximate surface area is 105 Å². The maximum absolute atomic E-state index is 13.1. The van der Waals surface area contributed by atoms with Crippen molar-refractivity contribution < 1.29 is 9.50 Å². The van der Waals surface area contributed by atoms with Crippen LogP contribution in [0.3, 0.4) is 0 Å². The van der Waals surface area contributed by atoms with E-state index in [4.69, 9.17) is 0 Å². The zero-order valence-corrected chi connectivity index (χ0v) is 10.4. The molecule has 0 saturated heterocycles. The number of hydrogen-bond donors (Lipinski definition) is 2. The third-order valence-electron chi connectivity index (χ3n) is 2.80. The van der Waals surface area contributed by atoms with Crippen molar-refractivity contribution in [3.8, 4) is 5.75 Å². The van der Waals surface area contributed by atoms with Crippen LogP contribution in [0, 0.1) is 5.82 Å². The molecule has 1 aromatic heterocycles. The number of halogens is 1. The van der Waals surface area contributed by atoms with E-state index in [1.807, 2.05) is 20.0 Å². The molecule has 2 rings (SSSR count).